The Morgan fingerprint density at radius 1 is 1.32 bits per heavy atom. The molecule has 0 saturated heterocycles. The zero-order chi connectivity index (χ0) is 13.9. The molecule has 0 radical (unpaired) electrons. The summed E-state index contributed by atoms with van der Waals surface area (Å²) in [4.78, 5) is 12.1. The van der Waals surface area contributed by atoms with E-state index < -0.39 is 0 Å². The van der Waals surface area contributed by atoms with Gasteiger partial charge in [0.25, 0.3) is 5.91 Å². The Morgan fingerprint density at radius 3 is 2.79 bits per heavy atom. The third kappa shape index (κ3) is 6.18. The number of hydrogen-bond donors (Lipinski definition) is 2. The van der Waals surface area contributed by atoms with Crippen LogP contribution in [0, 0.1) is 0 Å². The summed E-state index contributed by atoms with van der Waals surface area (Å²) in [5.74, 6) is 4.89. The number of nitrogens with two attached hydrogens (primary N) is 1. The molecular formula is C14H24N2O2S. The zero-order valence-corrected chi connectivity index (χ0v) is 12.4. The topological polar surface area (TPSA) is 64.3 Å². The predicted octanol–water partition coefficient (Wildman–Crippen LogP) is 3.23. The lowest BCUT2D eigenvalue weighted by atomic mass is 10.1. The minimum atomic E-state index is -0.242. The average Bonchev–Trinajstić information content (AvgIpc) is 2.89. The van der Waals surface area contributed by atoms with Gasteiger partial charge in [-0.3, -0.25) is 10.2 Å². The van der Waals surface area contributed by atoms with Crippen LogP contribution in [0.3, 0.4) is 0 Å². The molecule has 0 fully saturated rings. The maximum absolute atomic E-state index is 11.4. The Bertz CT molecular complexity index is 366. The molecule has 0 aliphatic rings. The first-order chi connectivity index (χ1) is 9.29. The van der Waals surface area contributed by atoms with Gasteiger partial charge in [-0.15, -0.1) is 11.3 Å². The fraction of sp³-hybridized carbons (Fsp3) is 0.643. The first-order valence-electron chi connectivity index (χ1n) is 6.94. The van der Waals surface area contributed by atoms with Gasteiger partial charge in [-0.25, -0.2) is 5.84 Å². The van der Waals surface area contributed by atoms with E-state index in [1.54, 1.807) is 0 Å². The summed E-state index contributed by atoms with van der Waals surface area (Å²) in [6.07, 6.45) is 7.53. The van der Waals surface area contributed by atoms with Crippen LogP contribution in [0.25, 0.3) is 0 Å². The first kappa shape index (κ1) is 16.1. The van der Waals surface area contributed by atoms with Gasteiger partial charge in [-0.1, -0.05) is 39.0 Å². The van der Waals surface area contributed by atoms with E-state index in [0.29, 0.717) is 11.5 Å². The van der Waals surface area contributed by atoms with Gasteiger partial charge < -0.3 is 4.74 Å². The van der Waals surface area contributed by atoms with Crippen molar-refractivity contribution in [3.63, 3.8) is 0 Å². The molecule has 0 aliphatic carbocycles. The lowest BCUT2D eigenvalue weighted by molar-refractivity contribution is 0.0943. The van der Waals surface area contributed by atoms with Gasteiger partial charge in [0, 0.05) is 12.2 Å². The number of unbranched alkanes of at least 4 members (excludes halogenated alkanes) is 5. The molecule has 5 heteroatoms. The second-order valence-electron chi connectivity index (χ2n) is 4.57. The summed E-state index contributed by atoms with van der Waals surface area (Å²) >= 11 is 1.39. The Hall–Kier alpha value is -0.910. The van der Waals surface area contributed by atoms with Crippen LogP contribution in [-0.2, 0) is 11.3 Å². The molecule has 0 aliphatic heterocycles. The third-order valence-corrected chi connectivity index (χ3v) is 3.94. The highest BCUT2D eigenvalue weighted by molar-refractivity contribution is 7.12. The number of amides is 1. The molecule has 0 atom stereocenters. The quantitative estimate of drug-likeness (QED) is 0.300. The van der Waals surface area contributed by atoms with Crippen LogP contribution in [0.2, 0.25) is 0 Å². The van der Waals surface area contributed by atoms with Crippen molar-refractivity contribution in [2.45, 2.75) is 52.1 Å². The number of thiophene rings is 1. The standard InChI is InChI=1S/C14H24N2O2S/c1-2-3-4-5-6-7-9-18-11-12-8-10-19-13(12)14(17)16-15/h8,10H,2-7,9,11,15H2,1H3,(H,16,17). The van der Waals surface area contributed by atoms with E-state index in [9.17, 15) is 4.79 Å². The van der Waals surface area contributed by atoms with Gasteiger partial charge in [-0.2, -0.15) is 0 Å². The van der Waals surface area contributed by atoms with Crippen molar-refractivity contribution in [1.82, 2.24) is 5.43 Å². The van der Waals surface area contributed by atoms with Crippen molar-refractivity contribution < 1.29 is 9.53 Å². The highest BCUT2D eigenvalue weighted by Crippen LogP contribution is 2.17. The number of ether oxygens (including phenoxy) is 1. The van der Waals surface area contributed by atoms with Crippen LogP contribution < -0.4 is 11.3 Å². The minimum absolute atomic E-state index is 0.242. The highest BCUT2D eigenvalue weighted by Gasteiger charge is 2.11. The highest BCUT2D eigenvalue weighted by atomic mass is 32.1. The number of nitrogen functional groups attached to an aromatic ring is 1. The Labute approximate surface area is 119 Å². The van der Waals surface area contributed by atoms with Gasteiger partial charge >= 0.3 is 0 Å². The van der Waals surface area contributed by atoms with Crippen LogP contribution in [0.15, 0.2) is 11.4 Å². The van der Waals surface area contributed by atoms with E-state index in [2.05, 4.69) is 12.3 Å². The molecule has 4 nitrogen and oxygen atoms in total. The number of hydrogen-bond acceptors (Lipinski definition) is 4. The van der Waals surface area contributed by atoms with Crippen molar-refractivity contribution in [2.75, 3.05) is 6.61 Å². The fourth-order valence-corrected chi connectivity index (χ4v) is 2.69. The Kier molecular flexibility index (Phi) is 8.45. The molecule has 0 spiro atoms. The fourth-order valence-electron chi connectivity index (χ4n) is 1.88. The van der Waals surface area contributed by atoms with Gasteiger partial charge in [0.15, 0.2) is 0 Å². The summed E-state index contributed by atoms with van der Waals surface area (Å²) in [6.45, 7) is 3.46. The summed E-state index contributed by atoms with van der Waals surface area (Å²) in [5.41, 5.74) is 3.07. The lowest BCUT2D eigenvalue weighted by Gasteiger charge is -2.05. The molecule has 0 saturated carbocycles. The molecule has 19 heavy (non-hydrogen) atoms. The van der Waals surface area contributed by atoms with Gasteiger partial charge in [0.05, 0.1) is 11.5 Å². The third-order valence-electron chi connectivity index (χ3n) is 2.98. The van der Waals surface area contributed by atoms with E-state index in [1.807, 2.05) is 11.4 Å². The summed E-state index contributed by atoms with van der Waals surface area (Å²) in [5, 5.41) is 1.88. The van der Waals surface area contributed by atoms with Crippen molar-refractivity contribution in [2.24, 2.45) is 5.84 Å². The lowest BCUT2D eigenvalue weighted by Crippen LogP contribution is -2.30. The largest absolute Gasteiger partial charge is 0.377 e. The molecule has 1 aromatic heterocycles. The van der Waals surface area contributed by atoms with Gasteiger partial charge in [-0.05, 0) is 17.9 Å². The van der Waals surface area contributed by atoms with Crippen molar-refractivity contribution in [1.29, 1.82) is 0 Å². The molecular weight excluding hydrogens is 260 g/mol. The summed E-state index contributed by atoms with van der Waals surface area (Å²) in [7, 11) is 0. The van der Waals surface area contributed by atoms with E-state index in [-0.39, 0.29) is 5.91 Å². The van der Waals surface area contributed by atoms with Gasteiger partial charge in [0.1, 0.15) is 0 Å². The number of hydrazine groups is 1. The monoisotopic (exact) mass is 284 g/mol. The molecule has 0 bridgehead atoms. The van der Waals surface area contributed by atoms with Crippen LogP contribution >= 0.6 is 11.3 Å². The number of nitrogens with one attached hydrogen (secondary N) is 1. The second-order valence-corrected chi connectivity index (χ2v) is 5.48. The van der Waals surface area contributed by atoms with E-state index >= 15 is 0 Å². The normalized spacial score (nSPS) is 10.6. The Morgan fingerprint density at radius 2 is 2.05 bits per heavy atom. The van der Waals surface area contributed by atoms with Crippen LogP contribution in [-0.4, -0.2) is 12.5 Å². The smallest absolute Gasteiger partial charge is 0.275 e. The van der Waals surface area contributed by atoms with Crippen molar-refractivity contribution in [3.8, 4) is 0 Å². The minimum Gasteiger partial charge on any atom is -0.377 e. The second kappa shape index (κ2) is 9.95. The zero-order valence-electron chi connectivity index (χ0n) is 11.6. The number of rotatable bonds is 10. The van der Waals surface area contributed by atoms with Crippen LogP contribution in [0.4, 0.5) is 0 Å². The van der Waals surface area contributed by atoms with Crippen LogP contribution in [0.5, 0.6) is 0 Å². The Balaban J connectivity index is 2.13. The van der Waals surface area contributed by atoms with Crippen molar-refractivity contribution >= 4 is 17.2 Å². The molecule has 108 valence electrons. The predicted molar refractivity (Wildman–Crippen MR) is 79.0 cm³/mol. The average molecular weight is 284 g/mol. The number of carbonyl (C=O) groups is 1. The van der Waals surface area contributed by atoms with E-state index in [0.717, 1.165) is 18.6 Å². The SMILES string of the molecule is CCCCCCCCOCc1ccsc1C(=O)NN. The first-order valence-corrected chi connectivity index (χ1v) is 7.82. The molecule has 1 aromatic rings. The molecule has 1 amide bonds. The molecule has 0 aromatic carbocycles. The maximum atomic E-state index is 11.4. The summed E-state index contributed by atoms with van der Waals surface area (Å²) in [6, 6.07) is 1.91. The maximum Gasteiger partial charge on any atom is 0.275 e. The van der Waals surface area contributed by atoms with E-state index in [1.165, 1.54) is 43.4 Å². The molecule has 1 rings (SSSR count). The van der Waals surface area contributed by atoms with Crippen molar-refractivity contribution in [3.05, 3.63) is 21.9 Å². The van der Waals surface area contributed by atoms with Crippen LogP contribution in [0.1, 0.15) is 60.7 Å². The number of carbonyl (C=O) groups excluding carboxylic acids is 1. The summed E-state index contributed by atoms with van der Waals surface area (Å²) < 4.78 is 5.61. The molecule has 1 heterocycles. The van der Waals surface area contributed by atoms with Gasteiger partial charge in [0.2, 0.25) is 0 Å². The molecule has 0 unspecified atom stereocenters. The van der Waals surface area contributed by atoms with E-state index in [4.69, 9.17) is 10.6 Å². The molecule has 3 N–H and O–H groups in total.